The average Bonchev–Trinajstić information content (AvgIpc) is 2.77. The van der Waals surface area contributed by atoms with Crippen LogP contribution < -0.4 is 15.4 Å². The van der Waals surface area contributed by atoms with Gasteiger partial charge in [-0.1, -0.05) is 6.92 Å². The zero-order valence-electron chi connectivity index (χ0n) is 12.5. The summed E-state index contributed by atoms with van der Waals surface area (Å²) in [5, 5.41) is 5.27. The lowest BCUT2D eigenvalue weighted by Crippen LogP contribution is -2.37. The Morgan fingerprint density at radius 1 is 1.36 bits per heavy atom. The van der Waals surface area contributed by atoms with E-state index in [1.54, 1.807) is 13.0 Å². The largest absolute Gasteiger partial charge is 0.355 e. The molecule has 0 saturated heterocycles. The summed E-state index contributed by atoms with van der Waals surface area (Å²) >= 11 is 0. The smallest absolute Gasteiger partial charge is 0.241 e. The number of anilines is 1. The van der Waals surface area contributed by atoms with E-state index in [2.05, 4.69) is 15.4 Å². The molecular weight excluding hydrogens is 306 g/mol. The van der Waals surface area contributed by atoms with Crippen LogP contribution in [0.1, 0.15) is 31.7 Å². The molecule has 0 radical (unpaired) electrons. The van der Waals surface area contributed by atoms with Crippen LogP contribution in [0.2, 0.25) is 0 Å². The Kier molecular flexibility index (Phi) is 4.82. The second-order valence-electron chi connectivity index (χ2n) is 5.13. The van der Waals surface area contributed by atoms with E-state index in [9.17, 15) is 18.0 Å². The Hall–Kier alpha value is -1.93. The summed E-state index contributed by atoms with van der Waals surface area (Å²) in [7, 11) is -3.79. The molecule has 1 aromatic carbocycles. The Balaban J connectivity index is 2.11. The number of amides is 2. The number of hydrogen-bond donors (Lipinski definition) is 3. The van der Waals surface area contributed by atoms with Crippen LogP contribution in [-0.4, -0.2) is 33.3 Å². The molecule has 0 unspecified atom stereocenters. The third kappa shape index (κ3) is 3.45. The van der Waals surface area contributed by atoms with Gasteiger partial charge in [0.1, 0.15) is 0 Å². The zero-order chi connectivity index (χ0) is 16.3. The molecule has 8 heteroatoms. The van der Waals surface area contributed by atoms with Crippen LogP contribution in [0.25, 0.3) is 0 Å². The second-order valence-corrected chi connectivity index (χ2v) is 6.90. The SMILES string of the molecule is CCCNC(=O)CNS(=O)(=O)c1ccc2c(c1)[C@H](C)C(=O)N2. The van der Waals surface area contributed by atoms with E-state index in [-0.39, 0.29) is 23.3 Å². The normalized spacial score (nSPS) is 17.0. The molecule has 3 N–H and O–H groups in total. The molecule has 7 nitrogen and oxygen atoms in total. The number of benzene rings is 1. The van der Waals surface area contributed by atoms with Gasteiger partial charge in [0.15, 0.2) is 0 Å². The summed E-state index contributed by atoms with van der Waals surface area (Å²) in [6, 6.07) is 4.43. The maximum absolute atomic E-state index is 12.2. The van der Waals surface area contributed by atoms with Gasteiger partial charge in [-0.15, -0.1) is 0 Å². The van der Waals surface area contributed by atoms with Gasteiger partial charge in [0.05, 0.1) is 17.4 Å². The highest BCUT2D eigenvalue weighted by molar-refractivity contribution is 7.89. The molecule has 22 heavy (non-hydrogen) atoms. The average molecular weight is 325 g/mol. The van der Waals surface area contributed by atoms with Crippen LogP contribution in [0.3, 0.4) is 0 Å². The Labute approximate surface area is 129 Å². The molecule has 1 heterocycles. The van der Waals surface area contributed by atoms with E-state index < -0.39 is 15.9 Å². The fourth-order valence-electron chi connectivity index (χ4n) is 2.13. The van der Waals surface area contributed by atoms with Gasteiger partial charge in [0.2, 0.25) is 21.8 Å². The first-order valence-electron chi connectivity index (χ1n) is 7.06. The number of hydrogen-bond acceptors (Lipinski definition) is 4. The molecule has 2 amide bonds. The lowest BCUT2D eigenvalue weighted by atomic mass is 10.0. The third-order valence-electron chi connectivity index (χ3n) is 3.45. The highest BCUT2D eigenvalue weighted by Crippen LogP contribution is 2.33. The first-order chi connectivity index (χ1) is 10.3. The fraction of sp³-hybridized carbons (Fsp3) is 0.429. The lowest BCUT2D eigenvalue weighted by molar-refractivity contribution is -0.120. The molecule has 120 valence electrons. The molecule has 1 aromatic rings. The van der Waals surface area contributed by atoms with Gasteiger partial charge < -0.3 is 10.6 Å². The van der Waals surface area contributed by atoms with Crippen molar-refractivity contribution in [1.82, 2.24) is 10.0 Å². The van der Waals surface area contributed by atoms with Crippen molar-refractivity contribution in [3.63, 3.8) is 0 Å². The minimum Gasteiger partial charge on any atom is -0.355 e. The monoisotopic (exact) mass is 325 g/mol. The van der Waals surface area contributed by atoms with E-state index in [1.807, 2.05) is 6.92 Å². The number of sulfonamides is 1. The van der Waals surface area contributed by atoms with E-state index in [1.165, 1.54) is 12.1 Å². The molecular formula is C14H19N3O4S. The topological polar surface area (TPSA) is 104 Å². The van der Waals surface area contributed by atoms with Crippen molar-refractivity contribution in [2.75, 3.05) is 18.4 Å². The summed E-state index contributed by atoms with van der Waals surface area (Å²) < 4.78 is 26.7. The maximum Gasteiger partial charge on any atom is 0.241 e. The second kappa shape index (κ2) is 6.45. The molecule has 1 atom stereocenters. The number of carbonyl (C=O) groups excluding carboxylic acids is 2. The van der Waals surface area contributed by atoms with Gasteiger partial charge in [-0.25, -0.2) is 13.1 Å². The number of nitrogens with one attached hydrogen (secondary N) is 3. The Morgan fingerprint density at radius 2 is 2.09 bits per heavy atom. The molecule has 0 spiro atoms. The molecule has 0 saturated carbocycles. The van der Waals surface area contributed by atoms with Crippen molar-refractivity contribution in [2.24, 2.45) is 0 Å². The Bertz CT molecular complexity index is 700. The summed E-state index contributed by atoms with van der Waals surface area (Å²) in [5.74, 6) is -0.925. The standard InChI is InChI=1S/C14H19N3O4S/c1-3-6-15-13(18)8-16-22(20,21)10-4-5-12-11(7-10)9(2)14(19)17-12/h4-5,7,9,16H,3,6,8H2,1-2H3,(H,15,18)(H,17,19)/t9-/m0/s1. The maximum atomic E-state index is 12.2. The quantitative estimate of drug-likeness (QED) is 0.710. The lowest BCUT2D eigenvalue weighted by Gasteiger charge is -2.09. The van der Waals surface area contributed by atoms with E-state index in [0.29, 0.717) is 17.8 Å². The van der Waals surface area contributed by atoms with Crippen LogP contribution in [-0.2, 0) is 19.6 Å². The predicted octanol–water partition coefficient (Wildman–Crippen LogP) is 0.547. The summed E-state index contributed by atoms with van der Waals surface area (Å²) in [6.07, 6.45) is 0.780. The molecule has 0 aliphatic carbocycles. The van der Waals surface area contributed by atoms with Crippen molar-refractivity contribution in [3.8, 4) is 0 Å². The van der Waals surface area contributed by atoms with Gasteiger partial charge in [-0.3, -0.25) is 9.59 Å². The first kappa shape index (κ1) is 16.4. The minimum absolute atomic E-state index is 0.0397. The van der Waals surface area contributed by atoms with Gasteiger partial charge in [0.25, 0.3) is 0 Å². The summed E-state index contributed by atoms with van der Waals surface area (Å²) in [6.45, 7) is 3.81. The molecule has 1 aliphatic rings. The van der Waals surface area contributed by atoms with Crippen LogP contribution in [0.5, 0.6) is 0 Å². The first-order valence-corrected chi connectivity index (χ1v) is 8.54. The van der Waals surface area contributed by atoms with Gasteiger partial charge in [0, 0.05) is 12.2 Å². The summed E-state index contributed by atoms with van der Waals surface area (Å²) in [4.78, 5) is 23.1. The summed E-state index contributed by atoms with van der Waals surface area (Å²) in [5.41, 5.74) is 1.26. The van der Waals surface area contributed by atoms with Crippen LogP contribution in [0, 0.1) is 0 Å². The molecule has 1 aliphatic heterocycles. The van der Waals surface area contributed by atoms with E-state index in [4.69, 9.17) is 0 Å². The van der Waals surface area contributed by atoms with E-state index >= 15 is 0 Å². The van der Waals surface area contributed by atoms with Crippen LogP contribution >= 0.6 is 0 Å². The van der Waals surface area contributed by atoms with Crippen molar-refractivity contribution in [1.29, 1.82) is 0 Å². The molecule has 0 bridgehead atoms. The van der Waals surface area contributed by atoms with Crippen LogP contribution in [0.4, 0.5) is 5.69 Å². The highest BCUT2D eigenvalue weighted by atomic mass is 32.2. The zero-order valence-corrected chi connectivity index (χ0v) is 13.3. The van der Waals surface area contributed by atoms with Crippen molar-refractivity contribution in [2.45, 2.75) is 31.1 Å². The van der Waals surface area contributed by atoms with Gasteiger partial charge in [-0.05, 0) is 37.1 Å². The number of carbonyl (C=O) groups is 2. The highest BCUT2D eigenvalue weighted by Gasteiger charge is 2.28. The Morgan fingerprint density at radius 3 is 2.77 bits per heavy atom. The van der Waals surface area contributed by atoms with Crippen molar-refractivity contribution < 1.29 is 18.0 Å². The van der Waals surface area contributed by atoms with Gasteiger partial charge in [-0.2, -0.15) is 0 Å². The number of rotatable bonds is 6. The third-order valence-corrected chi connectivity index (χ3v) is 4.84. The predicted molar refractivity (Wildman–Crippen MR) is 82.0 cm³/mol. The molecule has 0 aromatic heterocycles. The van der Waals surface area contributed by atoms with Gasteiger partial charge >= 0.3 is 0 Å². The molecule has 2 rings (SSSR count). The van der Waals surface area contributed by atoms with Crippen LogP contribution in [0.15, 0.2) is 23.1 Å². The number of fused-ring (bicyclic) bond motifs is 1. The van der Waals surface area contributed by atoms with Crippen molar-refractivity contribution in [3.05, 3.63) is 23.8 Å². The fourth-order valence-corrected chi connectivity index (χ4v) is 3.15. The molecule has 0 fully saturated rings. The minimum atomic E-state index is -3.79. The van der Waals surface area contributed by atoms with Crippen molar-refractivity contribution >= 4 is 27.5 Å². The van der Waals surface area contributed by atoms with E-state index in [0.717, 1.165) is 6.42 Å².